The van der Waals surface area contributed by atoms with Crippen molar-refractivity contribution in [3.63, 3.8) is 0 Å². The van der Waals surface area contributed by atoms with Crippen LogP contribution in [-0.4, -0.2) is 46.4 Å². The van der Waals surface area contributed by atoms with Gasteiger partial charge in [0.25, 0.3) is 5.91 Å². The summed E-state index contributed by atoms with van der Waals surface area (Å²) in [6.45, 7) is 4.08. The highest BCUT2D eigenvalue weighted by Crippen LogP contribution is 2.11. The second-order valence-corrected chi connectivity index (χ2v) is 6.33. The number of benzene rings is 1. The Morgan fingerprint density at radius 3 is 2.55 bits per heavy atom. The van der Waals surface area contributed by atoms with Crippen LogP contribution in [0.3, 0.4) is 0 Å². The average Bonchev–Trinajstić information content (AvgIpc) is 3.08. The number of hydrogen-bond donors (Lipinski definition) is 1. The van der Waals surface area contributed by atoms with Crippen molar-refractivity contribution in [2.24, 2.45) is 0 Å². The van der Waals surface area contributed by atoms with Crippen LogP contribution in [0.15, 0.2) is 54.7 Å². The van der Waals surface area contributed by atoms with Crippen molar-refractivity contribution in [2.75, 3.05) is 19.8 Å². The molecule has 0 bridgehead atoms. The van der Waals surface area contributed by atoms with Crippen molar-refractivity contribution >= 4 is 11.9 Å². The van der Waals surface area contributed by atoms with E-state index >= 15 is 0 Å². The first-order valence-electron chi connectivity index (χ1n) is 9.14. The summed E-state index contributed by atoms with van der Waals surface area (Å²) in [7, 11) is 0. The minimum Gasteiger partial charge on any atom is -0.492 e. The summed E-state index contributed by atoms with van der Waals surface area (Å²) in [4.78, 5) is 28.1. The van der Waals surface area contributed by atoms with Crippen LogP contribution < -0.4 is 10.1 Å². The molecule has 0 unspecified atom stereocenters. The molecular weight excluding hydrogens is 372 g/mol. The van der Waals surface area contributed by atoms with Gasteiger partial charge in [-0.05, 0) is 44.2 Å². The number of para-hydroxylation sites is 1. The van der Waals surface area contributed by atoms with Crippen molar-refractivity contribution in [1.82, 2.24) is 20.1 Å². The average molecular weight is 394 g/mol. The van der Waals surface area contributed by atoms with Gasteiger partial charge in [0.2, 0.25) is 0 Å². The summed E-state index contributed by atoms with van der Waals surface area (Å²) in [5, 5.41) is 6.97. The summed E-state index contributed by atoms with van der Waals surface area (Å²) < 4.78 is 12.2. The maximum absolute atomic E-state index is 12.1. The highest BCUT2D eigenvalue weighted by molar-refractivity contribution is 5.91. The van der Waals surface area contributed by atoms with Crippen molar-refractivity contribution in [2.45, 2.75) is 13.8 Å². The molecule has 3 aromatic rings. The van der Waals surface area contributed by atoms with Gasteiger partial charge in [-0.2, -0.15) is 5.10 Å². The van der Waals surface area contributed by atoms with Gasteiger partial charge in [-0.15, -0.1) is 0 Å². The number of rotatable bonds is 8. The van der Waals surface area contributed by atoms with E-state index in [2.05, 4.69) is 15.4 Å². The van der Waals surface area contributed by atoms with Gasteiger partial charge in [0.15, 0.2) is 12.4 Å². The molecule has 0 aliphatic rings. The first kappa shape index (κ1) is 20.1. The highest BCUT2D eigenvalue weighted by Gasteiger charge is 2.12. The van der Waals surface area contributed by atoms with E-state index < -0.39 is 11.9 Å². The lowest BCUT2D eigenvalue weighted by molar-refractivity contribution is -0.124. The van der Waals surface area contributed by atoms with Gasteiger partial charge in [0, 0.05) is 11.9 Å². The van der Waals surface area contributed by atoms with Crippen LogP contribution >= 0.6 is 0 Å². The molecule has 0 radical (unpaired) electrons. The van der Waals surface area contributed by atoms with Crippen LogP contribution in [0.2, 0.25) is 0 Å². The van der Waals surface area contributed by atoms with E-state index in [0.717, 1.165) is 17.1 Å². The largest absolute Gasteiger partial charge is 0.492 e. The lowest BCUT2D eigenvalue weighted by Crippen LogP contribution is -2.32. The highest BCUT2D eigenvalue weighted by atomic mass is 16.5. The van der Waals surface area contributed by atoms with Gasteiger partial charge < -0.3 is 14.8 Å². The molecule has 1 amide bonds. The van der Waals surface area contributed by atoms with Crippen molar-refractivity contribution < 1.29 is 19.1 Å². The van der Waals surface area contributed by atoms with E-state index in [1.165, 1.54) is 6.20 Å². The number of aryl methyl sites for hydroxylation is 2. The fourth-order valence-corrected chi connectivity index (χ4v) is 2.63. The first-order valence-corrected chi connectivity index (χ1v) is 9.14. The van der Waals surface area contributed by atoms with E-state index in [1.54, 1.807) is 16.8 Å². The molecule has 0 saturated heterocycles. The number of esters is 1. The SMILES string of the molecule is Cc1cc(C)n(-c2ccc(C(=O)OCC(=O)NCCOc3ccccc3)cn2)n1. The Bertz CT molecular complexity index is 968. The normalized spacial score (nSPS) is 10.4. The molecule has 8 heteroatoms. The Kier molecular flexibility index (Phi) is 6.57. The van der Waals surface area contributed by atoms with Crippen LogP contribution in [0, 0.1) is 13.8 Å². The summed E-state index contributed by atoms with van der Waals surface area (Å²) in [5.74, 6) is 0.309. The summed E-state index contributed by atoms with van der Waals surface area (Å²) in [5.41, 5.74) is 2.08. The molecule has 2 heterocycles. The fraction of sp³-hybridized carbons (Fsp3) is 0.238. The van der Waals surface area contributed by atoms with Gasteiger partial charge in [0.05, 0.1) is 17.8 Å². The third kappa shape index (κ3) is 5.65. The number of carbonyl (C=O) groups excluding carboxylic acids is 2. The quantitative estimate of drug-likeness (QED) is 0.465. The molecule has 0 spiro atoms. The molecule has 8 nitrogen and oxygen atoms in total. The molecule has 0 aliphatic carbocycles. The first-order chi connectivity index (χ1) is 14.0. The minimum atomic E-state index is -0.617. The molecule has 0 aliphatic heterocycles. The number of pyridine rings is 1. The van der Waals surface area contributed by atoms with Crippen molar-refractivity contribution in [3.05, 3.63) is 71.7 Å². The van der Waals surface area contributed by atoms with Gasteiger partial charge in [-0.1, -0.05) is 18.2 Å². The third-order valence-electron chi connectivity index (χ3n) is 3.98. The van der Waals surface area contributed by atoms with E-state index in [4.69, 9.17) is 9.47 Å². The predicted molar refractivity (Wildman–Crippen MR) is 106 cm³/mol. The number of amides is 1. The Hall–Kier alpha value is -3.68. The molecule has 3 rings (SSSR count). The van der Waals surface area contributed by atoms with Gasteiger partial charge in [-0.25, -0.2) is 14.5 Å². The Balaban J connectivity index is 1.41. The molecule has 0 atom stereocenters. The molecule has 0 fully saturated rings. The minimum absolute atomic E-state index is 0.260. The van der Waals surface area contributed by atoms with E-state index in [9.17, 15) is 9.59 Å². The maximum Gasteiger partial charge on any atom is 0.340 e. The van der Waals surface area contributed by atoms with Crippen LogP contribution in [0.1, 0.15) is 21.7 Å². The Morgan fingerprint density at radius 1 is 1.10 bits per heavy atom. The summed E-state index contributed by atoms with van der Waals surface area (Å²) >= 11 is 0. The lowest BCUT2D eigenvalue weighted by Gasteiger charge is -2.08. The number of nitrogens with one attached hydrogen (secondary N) is 1. The molecule has 150 valence electrons. The topological polar surface area (TPSA) is 95.3 Å². The zero-order valence-corrected chi connectivity index (χ0v) is 16.3. The van der Waals surface area contributed by atoms with Crippen LogP contribution in [0.25, 0.3) is 5.82 Å². The van der Waals surface area contributed by atoms with Crippen LogP contribution in [0.5, 0.6) is 5.75 Å². The maximum atomic E-state index is 12.1. The number of carbonyl (C=O) groups is 2. The summed E-state index contributed by atoms with van der Waals surface area (Å²) in [6.07, 6.45) is 1.40. The number of nitrogens with zero attached hydrogens (tertiary/aromatic N) is 3. The zero-order chi connectivity index (χ0) is 20.6. The van der Waals surface area contributed by atoms with E-state index in [0.29, 0.717) is 19.0 Å². The third-order valence-corrected chi connectivity index (χ3v) is 3.98. The molecular formula is C21H22N4O4. The van der Waals surface area contributed by atoms with Crippen molar-refractivity contribution in [1.29, 1.82) is 0 Å². The van der Waals surface area contributed by atoms with Crippen molar-refractivity contribution in [3.8, 4) is 11.6 Å². The Morgan fingerprint density at radius 2 is 1.90 bits per heavy atom. The smallest absolute Gasteiger partial charge is 0.340 e. The molecule has 2 aromatic heterocycles. The summed E-state index contributed by atoms with van der Waals surface area (Å²) in [6, 6.07) is 14.5. The molecule has 29 heavy (non-hydrogen) atoms. The molecule has 0 saturated carbocycles. The Labute approximate surface area is 168 Å². The van der Waals surface area contributed by atoms with E-state index in [1.807, 2.05) is 50.2 Å². The monoisotopic (exact) mass is 394 g/mol. The van der Waals surface area contributed by atoms with Crippen LogP contribution in [-0.2, 0) is 9.53 Å². The number of hydrogen-bond acceptors (Lipinski definition) is 6. The number of ether oxygens (including phenoxy) is 2. The second-order valence-electron chi connectivity index (χ2n) is 6.33. The number of aromatic nitrogens is 3. The van der Waals surface area contributed by atoms with Gasteiger partial charge >= 0.3 is 5.97 Å². The lowest BCUT2D eigenvalue weighted by atomic mass is 10.3. The standard InChI is InChI=1S/C21H22N4O4/c1-15-12-16(2)25(24-15)19-9-8-17(13-23-19)21(27)29-14-20(26)22-10-11-28-18-6-4-3-5-7-18/h3-9,12-13H,10-11,14H2,1-2H3,(H,22,26). The predicted octanol–water partition coefficient (Wildman–Crippen LogP) is 2.24. The molecule has 1 aromatic carbocycles. The van der Waals surface area contributed by atoms with E-state index in [-0.39, 0.29) is 12.2 Å². The second kappa shape index (κ2) is 9.50. The fourth-order valence-electron chi connectivity index (χ4n) is 2.63. The van der Waals surface area contributed by atoms with Gasteiger partial charge in [-0.3, -0.25) is 4.79 Å². The zero-order valence-electron chi connectivity index (χ0n) is 16.3. The molecule has 1 N–H and O–H groups in total. The van der Waals surface area contributed by atoms with Gasteiger partial charge in [0.1, 0.15) is 12.4 Å². The van der Waals surface area contributed by atoms with Crippen LogP contribution in [0.4, 0.5) is 0 Å².